The standard InChI is InChI=1S/C14H15ClN2O/c1-10(16)11-3-2-4-13(7-11)18-9-12-5-6-17-8-14(12)15/h2-8,10H,9,16H2,1H3. The predicted octanol–water partition coefficient (Wildman–Crippen LogP) is 3.33. The lowest BCUT2D eigenvalue weighted by molar-refractivity contribution is 0.305. The van der Waals surface area contributed by atoms with Gasteiger partial charge in [-0.15, -0.1) is 0 Å². The molecule has 2 N–H and O–H groups in total. The number of hydrogen-bond donors (Lipinski definition) is 1. The number of rotatable bonds is 4. The second-order valence-corrected chi connectivity index (χ2v) is 4.52. The summed E-state index contributed by atoms with van der Waals surface area (Å²) in [5.41, 5.74) is 7.79. The van der Waals surface area contributed by atoms with Gasteiger partial charge in [0.25, 0.3) is 0 Å². The number of nitrogens with two attached hydrogens (primary N) is 1. The van der Waals surface area contributed by atoms with Crippen LogP contribution < -0.4 is 10.5 Å². The summed E-state index contributed by atoms with van der Waals surface area (Å²) in [5.74, 6) is 0.790. The zero-order chi connectivity index (χ0) is 13.0. The van der Waals surface area contributed by atoms with Crippen LogP contribution in [0.1, 0.15) is 24.1 Å². The van der Waals surface area contributed by atoms with Crippen molar-refractivity contribution >= 4 is 11.6 Å². The molecule has 1 heterocycles. The Labute approximate surface area is 112 Å². The van der Waals surface area contributed by atoms with Gasteiger partial charge in [-0.1, -0.05) is 23.7 Å². The minimum absolute atomic E-state index is 0.00179. The Hall–Kier alpha value is -1.58. The monoisotopic (exact) mass is 262 g/mol. The topological polar surface area (TPSA) is 48.1 Å². The second kappa shape index (κ2) is 5.85. The lowest BCUT2D eigenvalue weighted by atomic mass is 10.1. The van der Waals surface area contributed by atoms with E-state index >= 15 is 0 Å². The molecular weight excluding hydrogens is 248 g/mol. The molecular formula is C14H15ClN2O. The highest BCUT2D eigenvalue weighted by atomic mass is 35.5. The second-order valence-electron chi connectivity index (χ2n) is 4.12. The first-order chi connectivity index (χ1) is 8.66. The van der Waals surface area contributed by atoms with Crippen LogP contribution in [-0.4, -0.2) is 4.98 Å². The van der Waals surface area contributed by atoms with Crippen LogP contribution in [0, 0.1) is 0 Å². The molecule has 0 aliphatic heterocycles. The Morgan fingerprint density at radius 2 is 2.22 bits per heavy atom. The molecule has 18 heavy (non-hydrogen) atoms. The van der Waals surface area contributed by atoms with Crippen molar-refractivity contribution in [2.75, 3.05) is 0 Å². The zero-order valence-electron chi connectivity index (χ0n) is 10.1. The van der Waals surface area contributed by atoms with Crippen molar-refractivity contribution < 1.29 is 4.74 Å². The Bertz CT molecular complexity index is 529. The zero-order valence-corrected chi connectivity index (χ0v) is 10.9. The van der Waals surface area contributed by atoms with E-state index in [0.29, 0.717) is 11.6 Å². The van der Waals surface area contributed by atoms with Gasteiger partial charge in [0.2, 0.25) is 0 Å². The maximum Gasteiger partial charge on any atom is 0.120 e. The highest BCUT2D eigenvalue weighted by molar-refractivity contribution is 6.31. The fraction of sp³-hybridized carbons (Fsp3) is 0.214. The Balaban J connectivity index is 2.07. The largest absolute Gasteiger partial charge is 0.489 e. The van der Waals surface area contributed by atoms with Crippen LogP contribution >= 0.6 is 11.6 Å². The first-order valence-electron chi connectivity index (χ1n) is 5.73. The van der Waals surface area contributed by atoms with Gasteiger partial charge in [0.15, 0.2) is 0 Å². The molecule has 0 aliphatic rings. The van der Waals surface area contributed by atoms with E-state index in [1.54, 1.807) is 12.4 Å². The van der Waals surface area contributed by atoms with Crippen molar-refractivity contribution in [1.82, 2.24) is 4.98 Å². The normalized spacial score (nSPS) is 12.2. The Morgan fingerprint density at radius 3 is 2.94 bits per heavy atom. The van der Waals surface area contributed by atoms with E-state index < -0.39 is 0 Å². The maximum absolute atomic E-state index is 6.01. The van der Waals surface area contributed by atoms with Crippen molar-refractivity contribution in [3.63, 3.8) is 0 Å². The third kappa shape index (κ3) is 3.22. The molecule has 0 fully saturated rings. The molecule has 1 unspecified atom stereocenters. The quantitative estimate of drug-likeness (QED) is 0.919. The van der Waals surface area contributed by atoms with Crippen molar-refractivity contribution in [2.24, 2.45) is 5.73 Å². The summed E-state index contributed by atoms with van der Waals surface area (Å²) in [6, 6.07) is 9.61. The molecule has 94 valence electrons. The van der Waals surface area contributed by atoms with Crippen LogP contribution in [0.2, 0.25) is 5.02 Å². The number of hydrogen-bond acceptors (Lipinski definition) is 3. The number of aromatic nitrogens is 1. The summed E-state index contributed by atoms with van der Waals surface area (Å²) in [7, 11) is 0. The molecule has 0 saturated carbocycles. The predicted molar refractivity (Wildman–Crippen MR) is 72.6 cm³/mol. The van der Waals surface area contributed by atoms with E-state index in [1.165, 1.54) is 0 Å². The van der Waals surface area contributed by atoms with Crippen LogP contribution in [-0.2, 0) is 6.61 Å². The number of pyridine rings is 1. The van der Waals surface area contributed by atoms with E-state index in [1.807, 2.05) is 37.3 Å². The molecule has 3 nitrogen and oxygen atoms in total. The van der Waals surface area contributed by atoms with Crippen molar-refractivity contribution in [3.05, 3.63) is 58.9 Å². The van der Waals surface area contributed by atoms with Gasteiger partial charge in [0, 0.05) is 24.0 Å². The molecule has 4 heteroatoms. The minimum atomic E-state index is -0.00179. The molecule has 0 saturated heterocycles. The highest BCUT2D eigenvalue weighted by Gasteiger charge is 2.03. The van der Waals surface area contributed by atoms with Gasteiger partial charge in [-0.2, -0.15) is 0 Å². The molecule has 2 rings (SSSR count). The van der Waals surface area contributed by atoms with E-state index in [-0.39, 0.29) is 6.04 Å². The van der Waals surface area contributed by atoms with Crippen LogP contribution in [0.15, 0.2) is 42.7 Å². The van der Waals surface area contributed by atoms with Gasteiger partial charge in [-0.25, -0.2) is 0 Å². The minimum Gasteiger partial charge on any atom is -0.489 e. The SMILES string of the molecule is CC(N)c1cccc(OCc2ccncc2Cl)c1. The summed E-state index contributed by atoms with van der Waals surface area (Å²) >= 11 is 6.01. The third-order valence-corrected chi connectivity index (χ3v) is 2.97. The van der Waals surface area contributed by atoms with Crippen LogP contribution in [0.5, 0.6) is 5.75 Å². The first-order valence-corrected chi connectivity index (χ1v) is 6.11. The lowest BCUT2D eigenvalue weighted by Gasteiger charge is -2.10. The summed E-state index contributed by atoms with van der Waals surface area (Å²) in [4.78, 5) is 3.93. The summed E-state index contributed by atoms with van der Waals surface area (Å²) in [5, 5.41) is 0.612. The fourth-order valence-corrected chi connectivity index (χ4v) is 1.74. The van der Waals surface area contributed by atoms with Gasteiger partial charge in [0.05, 0.1) is 5.02 Å². The first kappa shape index (κ1) is 12.9. The molecule has 1 aromatic carbocycles. The number of halogens is 1. The molecule has 0 radical (unpaired) electrons. The highest BCUT2D eigenvalue weighted by Crippen LogP contribution is 2.20. The van der Waals surface area contributed by atoms with Gasteiger partial charge in [-0.3, -0.25) is 4.98 Å². The number of benzene rings is 1. The molecule has 0 bridgehead atoms. The van der Waals surface area contributed by atoms with Crippen LogP contribution in [0.3, 0.4) is 0 Å². The van der Waals surface area contributed by atoms with Crippen molar-refractivity contribution in [2.45, 2.75) is 19.6 Å². The van der Waals surface area contributed by atoms with Crippen molar-refractivity contribution in [1.29, 1.82) is 0 Å². The third-order valence-electron chi connectivity index (χ3n) is 2.63. The lowest BCUT2D eigenvalue weighted by Crippen LogP contribution is -2.05. The van der Waals surface area contributed by atoms with Gasteiger partial charge >= 0.3 is 0 Å². The summed E-state index contributed by atoms with van der Waals surface area (Å²) in [6.07, 6.45) is 3.31. The molecule has 1 aromatic heterocycles. The number of ether oxygens (including phenoxy) is 1. The molecule has 0 aliphatic carbocycles. The van der Waals surface area contributed by atoms with E-state index in [2.05, 4.69) is 4.98 Å². The van der Waals surface area contributed by atoms with Crippen LogP contribution in [0.25, 0.3) is 0 Å². The van der Waals surface area contributed by atoms with Crippen LogP contribution in [0.4, 0.5) is 0 Å². The molecule has 2 aromatic rings. The smallest absolute Gasteiger partial charge is 0.120 e. The van der Waals surface area contributed by atoms with Crippen molar-refractivity contribution in [3.8, 4) is 5.75 Å². The average Bonchev–Trinajstić information content (AvgIpc) is 2.38. The average molecular weight is 263 g/mol. The molecule has 0 amide bonds. The summed E-state index contributed by atoms with van der Waals surface area (Å²) in [6.45, 7) is 2.36. The van der Waals surface area contributed by atoms with E-state index in [0.717, 1.165) is 16.9 Å². The Kier molecular flexibility index (Phi) is 4.18. The fourth-order valence-electron chi connectivity index (χ4n) is 1.57. The summed E-state index contributed by atoms with van der Waals surface area (Å²) < 4.78 is 5.70. The Morgan fingerprint density at radius 1 is 1.39 bits per heavy atom. The van der Waals surface area contributed by atoms with Gasteiger partial charge < -0.3 is 10.5 Å². The number of nitrogens with zero attached hydrogens (tertiary/aromatic N) is 1. The molecule has 1 atom stereocenters. The van der Waals surface area contributed by atoms with Gasteiger partial charge in [0.1, 0.15) is 12.4 Å². The maximum atomic E-state index is 6.01. The molecule has 0 spiro atoms. The van der Waals surface area contributed by atoms with Gasteiger partial charge in [-0.05, 0) is 30.7 Å². The van der Waals surface area contributed by atoms with E-state index in [9.17, 15) is 0 Å². The van der Waals surface area contributed by atoms with E-state index in [4.69, 9.17) is 22.1 Å².